The molecule has 0 saturated carbocycles. The van der Waals surface area contributed by atoms with E-state index >= 15 is 0 Å². The van der Waals surface area contributed by atoms with Crippen LogP contribution in [0.5, 0.6) is 0 Å². The number of aromatic nitrogens is 1. The summed E-state index contributed by atoms with van der Waals surface area (Å²) in [7, 11) is 0. The SMILES string of the molecule is Cc1cc(/C(O)=C2/C(=O)C(=O)N(CCc3ccc(F)cc3)C2c2ccccn2)ccc1Br. The maximum atomic E-state index is 13.2. The fourth-order valence-electron chi connectivity index (χ4n) is 3.80. The van der Waals surface area contributed by atoms with E-state index in [-0.39, 0.29) is 23.7 Å². The molecule has 1 N–H and O–H groups in total. The van der Waals surface area contributed by atoms with Gasteiger partial charge >= 0.3 is 0 Å². The molecule has 0 bridgehead atoms. The third kappa shape index (κ3) is 4.21. The summed E-state index contributed by atoms with van der Waals surface area (Å²) >= 11 is 3.43. The number of carbonyl (C=O) groups excluding carboxylic acids is 2. The third-order valence-electron chi connectivity index (χ3n) is 5.49. The van der Waals surface area contributed by atoms with Gasteiger partial charge in [-0.2, -0.15) is 0 Å². The van der Waals surface area contributed by atoms with Crippen molar-refractivity contribution in [2.45, 2.75) is 19.4 Å². The monoisotopic (exact) mass is 494 g/mol. The van der Waals surface area contributed by atoms with Crippen molar-refractivity contribution in [1.82, 2.24) is 9.88 Å². The van der Waals surface area contributed by atoms with Gasteiger partial charge in [-0.3, -0.25) is 14.6 Å². The fraction of sp³-hybridized carbons (Fsp3) is 0.160. The summed E-state index contributed by atoms with van der Waals surface area (Å²) in [6.45, 7) is 2.09. The van der Waals surface area contributed by atoms with Gasteiger partial charge < -0.3 is 10.0 Å². The van der Waals surface area contributed by atoms with E-state index in [1.165, 1.54) is 17.0 Å². The third-order valence-corrected chi connectivity index (χ3v) is 6.38. The number of aliphatic hydroxyl groups excluding tert-OH is 1. The first-order valence-corrected chi connectivity index (χ1v) is 10.9. The number of hydrogen-bond acceptors (Lipinski definition) is 4. The van der Waals surface area contributed by atoms with Crippen LogP contribution in [-0.4, -0.2) is 33.2 Å². The van der Waals surface area contributed by atoms with Crippen molar-refractivity contribution >= 4 is 33.4 Å². The van der Waals surface area contributed by atoms with Crippen LogP contribution in [0.2, 0.25) is 0 Å². The van der Waals surface area contributed by atoms with Gasteiger partial charge in [-0.1, -0.05) is 40.2 Å². The lowest BCUT2D eigenvalue weighted by Gasteiger charge is -2.24. The second-order valence-corrected chi connectivity index (χ2v) is 8.44. The maximum Gasteiger partial charge on any atom is 0.295 e. The van der Waals surface area contributed by atoms with E-state index in [1.807, 2.05) is 6.92 Å². The zero-order valence-corrected chi connectivity index (χ0v) is 18.8. The lowest BCUT2D eigenvalue weighted by atomic mass is 9.97. The number of carbonyl (C=O) groups is 2. The van der Waals surface area contributed by atoms with Crippen molar-refractivity contribution in [3.63, 3.8) is 0 Å². The number of Topliss-reactive ketones (excluding diaryl/α,β-unsaturated/α-hetero) is 1. The van der Waals surface area contributed by atoms with Gasteiger partial charge in [0.05, 0.1) is 11.3 Å². The first-order chi connectivity index (χ1) is 15.4. The predicted octanol–water partition coefficient (Wildman–Crippen LogP) is 4.96. The van der Waals surface area contributed by atoms with Crippen LogP contribution in [0.15, 0.2) is 76.9 Å². The molecule has 7 heteroatoms. The Morgan fingerprint density at radius 1 is 1.12 bits per heavy atom. The fourth-order valence-corrected chi connectivity index (χ4v) is 4.05. The van der Waals surface area contributed by atoms with Crippen molar-refractivity contribution in [3.8, 4) is 0 Å². The van der Waals surface area contributed by atoms with Crippen LogP contribution >= 0.6 is 15.9 Å². The summed E-state index contributed by atoms with van der Waals surface area (Å²) in [4.78, 5) is 31.8. The maximum absolute atomic E-state index is 13.2. The summed E-state index contributed by atoms with van der Waals surface area (Å²) in [5, 5.41) is 11.1. The minimum atomic E-state index is -0.819. The lowest BCUT2D eigenvalue weighted by molar-refractivity contribution is -0.139. The molecule has 2 aromatic carbocycles. The molecule has 32 heavy (non-hydrogen) atoms. The van der Waals surface area contributed by atoms with E-state index in [0.29, 0.717) is 17.7 Å². The van der Waals surface area contributed by atoms with Crippen LogP contribution in [0.4, 0.5) is 4.39 Å². The average Bonchev–Trinajstić information content (AvgIpc) is 3.05. The Hall–Kier alpha value is -3.32. The van der Waals surface area contributed by atoms with Gasteiger partial charge in [-0.05, 0) is 60.9 Å². The number of amides is 1. The number of aryl methyl sites for hydroxylation is 1. The molecule has 1 saturated heterocycles. The van der Waals surface area contributed by atoms with Crippen molar-refractivity contribution in [2.75, 3.05) is 6.54 Å². The Bertz CT molecular complexity index is 1210. The number of hydrogen-bond donors (Lipinski definition) is 1. The molecule has 0 spiro atoms. The summed E-state index contributed by atoms with van der Waals surface area (Å²) in [5.74, 6) is -2.03. The molecule has 1 unspecified atom stereocenters. The Morgan fingerprint density at radius 3 is 2.53 bits per heavy atom. The zero-order valence-electron chi connectivity index (χ0n) is 17.3. The van der Waals surface area contributed by atoms with Crippen LogP contribution in [-0.2, 0) is 16.0 Å². The first kappa shape index (κ1) is 21.9. The van der Waals surface area contributed by atoms with Crippen LogP contribution in [0.3, 0.4) is 0 Å². The number of aliphatic hydroxyl groups is 1. The van der Waals surface area contributed by atoms with Crippen molar-refractivity contribution in [2.24, 2.45) is 0 Å². The molecular weight excluding hydrogens is 475 g/mol. The Labute approximate surface area is 193 Å². The van der Waals surface area contributed by atoms with Crippen LogP contribution < -0.4 is 0 Å². The molecule has 3 aromatic rings. The van der Waals surface area contributed by atoms with Crippen molar-refractivity contribution in [3.05, 3.63) is 105 Å². The van der Waals surface area contributed by atoms with Gasteiger partial charge in [0.25, 0.3) is 11.7 Å². The summed E-state index contributed by atoms with van der Waals surface area (Å²) in [6.07, 6.45) is 2.01. The van der Waals surface area contributed by atoms with Gasteiger partial charge in [-0.15, -0.1) is 0 Å². The Balaban J connectivity index is 1.76. The molecule has 162 valence electrons. The second kappa shape index (κ2) is 9.04. The number of likely N-dealkylation sites (tertiary alicyclic amines) is 1. The minimum absolute atomic E-state index is 0.00882. The van der Waals surface area contributed by atoms with Gasteiger partial charge in [-0.25, -0.2) is 4.39 Å². The van der Waals surface area contributed by atoms with Crippen LogP contribution in [0.1, 0.15) is 28.4 Å². The highest BCUT2D eigenvalue weighted by atomic mass is 79.9. The van der Waals surface area contributed by atoms with Gasteiger partial charge in [0.15, 0.2) is 0 Å². The van der Waals surface area contributed by atoms with E-state index in [0.717, 1.165) is 15.6 Å². The molecule has 4 rings (SSSR count). The van der Waals surface area contributed by atoms with Crippen molar-refractivity contribution in [1.29, 1.82) is 0 Å². The summed E-state index contributed by atoms with van der Waals surface area (Å²) in [6, 6.07) is 15.6. The number of benzene rings is 2. The van der Waals surface area contributed by atoms with Gasteiger partial charge in [0, 0.05) is 22.8 Å². The van der Waals surface area contributed by atoms with Gasteiger partial charge in [0.2, 0.25) is 0 Å². The zero-order chi connectivity index (χ0) is 22.8. The molecule has 0 radical (unpaired) electrons. The van der Waals surface area contributed by atoms with Crippen LogP contribution in [0.25, 0.3) is 5.76 Å². The van der Waals surface area contributed by atoms with Crippen LogP contribution in [0, 0.1) is 12.7 Å². The van der Waals surface area contributed by atoms with Crippen molar-refractivity contribution < 1.29 is 19.1 Å². The van der Waals surface area contributed by atoms with E-state index in [2.05, 4.69) is 20.9 Å². The number of rotatable bonds is 5. The quantitative estimate of drug-likeness (QED) is 0.309. The number of nitrogens with zero attached hydrogens (tertiary/aromatic N) is 2. The number of ketones is 1. The molecule has 1 aliphatic rings. The van der Waals surface area contributed by atoms with E-state index in [9.17, 15) is 19.1 Å². The minimum Gasteiger partial charge on any atom is -0.507 e. The highest BCUT2D eigenvalue weighted by Crippen LogP contribution is 2.39. The average molecular weight is 495 g/mol. The van der Waals surface area contributed by atoms with E-state index in [1.54, 1.807) is 54.7 Å². The Morgan fingerprint density at radius 2 is 1.88 bits per heavy atom. The Kier molecular flexibility index (Phi) is 6.19. The normalized spacial score (nSPS) is 17.7. The summed E-state index contributed by atoms with van der Waals surface area (Å²) in [5.41, 5.74) is 2.66. The molecular formula is C25H20BrFN2O3. The first-order valence-electron chi connectivity index (χ1n) is 10.1. The molecule has 2 heterocycles. The molecule has 1 atom stereocenters. The number of halogens is 2. The highest BCUT2D eigenvalue weighted by molar-refractivity contribution is 9.10. The molecule has 1 amide bonds. The van der Waals surface area contributed by atoms with E-state index in [4.69, 9.17) is 0 Å². The van der Waals surface area contributed by atoms with Gasteiger partial charge in [0.1, 0.15) is 17.6 Å². The highest BCUT2D eigenvalue weighted by Gasteiger charge is 2.46. The smallest absolute Gasteiger partial charge is 0.295 e. The topological polar surface area (TPSA) is 70.5 Å². The second-order valence-electron chi connectivity index (χ2n) is 7.59. The molecule has 1 aromatic heterocycles. The van der Waals surface area contributed by atoms with E-state index < -0.39 is 17.7 Å². The lowest BCUT2D eigenvalue weighted by Crippen LogP contribution is -2.32. The number of pyridine rings is 1. The molecule has 1 fully saturated rings. The molecule has 0 aliphatic carbocycles. The standard InChI is InChI=1S/C25H20BrFN2O3/c1-15-14-17(7-10-19(15)26)23(30)21-22(20-4-2-3-12-28-20)29(25(32)24(21)31)13-11-16-5-8-18(27)9-6-16/h2-10,12,14,22,30H,11,13H2,1H3/b23-21-. The summed E-state index contributed by atoms with van der Waals surface area (Å²) < 4.78 is 14.1. The molecule has 1 aliphatic heterocycles. The largest absolute Gasteiger partial charge is 0.507 e. The molecule has 5 nitrogen and oxygen atoms in total. The predicted molar refractivity (Wildman–Crippen MR) is 122 cm³/mol.